The van der Waals surface area contributed by atoms with E-state index in [9.17, 15) is 19.1 Å². The minimum Gasteiger partial charge on any atom is -0.478 e. The van der Waals surface area contributed by atoms with Crippen molar-refractivity contribution in [3.8, 4) is 0 Å². The Balaban J connectivity index is 1.72. The zero-order chi connectivity index (χ0) is 20.4. The lowest BCUT2D eigenvalue weighted by atomic mass is 10.1. The molecule has 0 spiro atoms. The molecular formula is C23H17FN2O3. The number of benzene rings is 3. The Morgan fingerprint density at radius 2 is 1.59 bits per heavy atom. The SMILES string of the molecule is O=C(O)c1ccccc1NC(=O)c1cn(Cc2ccccc2F)c2ccccc12. The molecule has 29 heavy (non-hydrogen) atoms. The molecule has 2 N–H and O–H groups in total. The predicted molar refractivity (Wildman–Crippen MR) is 109 cm³/mol. The number of carbonyl (C=O) groups excluding carboxylic acids is 1. The topological polar surface area (TPSA) is 71.3 Å². The van der Waals surface area contributed by atoms with Gasteiger partial charge in [-0.25, -0.2) is 9.18 Å². The molecule has 4 aromatic rings. The summed E-state index contributed by atoms with van der Waals surface area (Å²) in [6, 6.07) is 20.1. The molecule has 0 aliphatic carbocycles. The van der Waals surface area contributed by atoms with Crippen LogP contribution in [0.15, 0.2) is 79.0 Å². The van der Waals surface area contributed by atoms with Crippen LogP contribution in [0.5, 0.6) is 0 Å². The summed E-state index contributed by atoms with van der Waals surface area (Å²) in [6.07, 6.45) is 1.66. The van der Waals surface area contributed by atoms with Crippen molar-refractivity contribution in [3.63, 3.8) is 0 Å². The van der Waals surface area contributed by atoms with Crippen molar-refractivity contribution in [1.29, 1.82) is 0 Å². The third-order valence-corrected chi connectivity index (χ3v) is 4.74. The Bertz CT molecular complexity index is 1230. The van der Waals surface area contributed by atoms with Crippen LogP contribution >= 0.6 is 0 Å². The number of aromatic nitrogens is 1. The Morgan fingerprint density at radius 1 is 0.897 bits per heavy atom. The number of hydrogen-bond acceptors (Lipinski definition) is 2. The normalized spacial score (nSPS) is 10.8. The third-order valence-electron chi connectivity index (χ3n) is 4.74. The average molecular weight is 388 g/mol. The molecule has 0 unspecified atom stereocenters. The van der Waals surface area contributed by atoms with Gasteiger partial charge in [0, 0.05) is 22.7 Å². The summed E-state index contributed by atoms with van der Waals surface area (Å²) in [6.45, 7) is 0.270. The number of aromatic carboxylic acids is 1. The van der Waals surface area contributed by atoms with E-state index in [1.54, 1.807) is 42.6 Å². The highest BCUT2D eigenvalue weighted by Crippen LogP contribution is 2.25. The van der Waals surface area contributed by atoms with Crippen LogP contribution in [-0.2, 0) is 6.54 Å². The fourth-order valence-corrected chi connectivity index (χ4v) is 3.34. The van der Waals surface area contributed by atoms with Crippen LogP contribution in [0.3, 0.4) is 0 Å². The van der Waals surface area contributed by atoms with Gasteiger partial charge in [0.15, 0.2) is 0 Å². The van der Waals surface area contributed by atoms with E-state index in [0.717, 1.165) is 5.52 Å². The van der Waals surface area contributed by atoms with Crippen molar-refractivity contribution >= 4 is 28.5 Å². The highest BCUT2D eigenvalue weighted by molar-refractivity contribution is 6.14. The first-order valence-corrected chi connectivity index (χ1v) is 8.99. The Kier molecular flexibility index (Phi) is 4.83. The first-order chi connectivity index (χ1) is 14.0. The summed E-state index contributed by atoms with van der Waals surface area (Å²) in [5.41, 5.74) is 1.91. The van der Waals surface area contributed by atoms with Crippen LogP contribution in [0.2, 0.25) is 0 Å². The second-order valence-electron chi connectivity index (χ2n) is 6.58. The maximum absolute atomic E-state index is 14.1. The van der Waals surface area contributed by atoms with Gasteiger partial charge in [0.2, 0.25) is 0 Å². The quantitative estimate of drug-likeness (QED) is 0.517. The molecule has 0 saturated carbocycles. The Morgan fingerprint density at radius 3 is 2.38 bits per heavy atom. The van der Waals surface area contributed by atoms with Crippen LogP contribution in [0, 0.1) is 5.82 Å². The van der Waals surface area contributed by atoms with Gasteiger partial charge in [0.05, 0.1) is 23.4 Å². The van der Waals surface area contributed by atoms with E-state index in [1.165, 1.54) is 12.1 Å². The van der Waals surface area contributed by atoms with Crippen molar-refractivity contribution in [1.82, 2.24) is 4.57 Å². The van der Waals surface area contributed by atoms with Gasteiger partial charge in [-0.3, -0.25) is 4.79 Å². The van der Waals surface area contributed by atoms with Crippen LogP contribution in [0.1, 0.15) is 26.3 Å². The summed E-state index contributed by atoms with van der Waals surface area (Å²) < 4.78 is 15.9. The molecule has 3 aromatic carbocycles. The van der Waals surface area contributed by atoms with Gasteiger partial charge in [-0.05, 0) is 24.3 Å². The van der Waals surface area contributed by atoms with Crippen molar-refractivity contribution in [3.05, 3.63) is 102 Å². The molecule has 5 nitrogen and oxygen atoms in total. The summed E-state index contributed by atoms with van der Waals surface area (Å²) in [5.74, 6) is -1.86. The minimum absolute atomic E-state index is 0.0101. The van der Waals surface area contributed by atoms with Crippen molar-refractivity contribution in [2.45, 2.75) is 6.54 Å². The van der Waals surface area contributed by atoms with Crippen LogP contribution in [0.4, 0.5) is 10.1 Å². The third kappa shape index (κ3) is 3.60. The monoisotopic (exact) mass is 388 g/mol. The zero-order valence-corrected chi connectivity index (χ0v) is 15.3. The number of hydrogen-bond donors (Lipinski definition) is 2. The van der Waals surface area contributed by atoms with Crippen molar-refractivity contribution < 1.29 is 19.1 Å². The van der Waals surface area contributed by atoms with E-state index in [2.05, 4.69) is 5.32 Å². The average Bonchev–Trinajstić information content (AvgIpc) is 3.09. The number of amides is 1. The number of carboxylic acid groups (broad SMARTS) is 1. The zero-order valence-electron chi connectivity index (χ0n) is 15.3. The molecule has 0 atom stereocenters. The number of fused-ring (bicyclic) bond motifs is 1. The number of carbonyl (C=O) groups is 2. The lowest BCUT2D eigenvalue weighted by Crippen LogP contribution is -2.14. The summed E-state index contributed by atoms with van der Waals surface area (Å²) in [5, 5.41) is 12.7. The molecule has 1 heterocycles. The second-order valence-corrected chi connectivity index (χ2v) is 6.58. The first kappa shape index (κ1) is 18.4. The van der Waals surface area contributed by atoms with Gasteiger partial charge >= 0.3 is 5.97 Å². The fraction of sp³-hybridized carbons (Fsp3) is 0.0435. The molecule has 1 aromatic heterocycles. The van der Waals surface area contributed by atoms with Crippen LogP contribution in [-0.4, -0.2) is 21.6 Å². The van der Waals surface area contributed by atoms with Crippen LogP contribution in [0.25, 0.3) is 10.9 Å². The standard InChI is InChI=1S/C23H17FN2O3/c24-19-10-4-1-7-15(19)13-26-14-18(16-8-3-6-12-21(16)26)22(27)25-20-11-5-2-9-17(20)23(28)29/h1-12,14H,13H2,(H,25,27)(H,28,29). The fourth-order valence-electron chi connectivity index (χ4n) is 3.34. The highest BCUT2D eigenvalue weighted by atomic mass is 19.1. The van der Waals surface area contributed by atoms with E-state index >= 15 is 0 Å². The van der Waals surface area contributed by atoms with Gasteiger partial charge in [-0.15, -0.1) is 0 Å². The highest BCUT2D eigenvalue weighted by Gasteiger charge is 2.18. The Labute approximate surface area is 166 Å². The maximum atomic E-state index is 14.1. The number of anilines is 1. The number of para-hydroxylation sites is 2. The lowest BCUT2D eigenvalue weighted by Gasteiger charge is -2.07. The van der Waals surface area contributed by atoms with Crippen molar-refractivity contribution in [2.24, 2.45) is 0 Å². The van der Waals surface area contributed by atoms with E-state index in [0.29, 0.717) is 16.5 Å². The van der Waals surface area contributed by atoms with E-state index in [1.807, 2.05) is 28.8 Å². The molecule has 6 heteroatoms. The molecule has 0 saturated heterocycles. The maximum Gasteiger partial charge on any atom is 0.337 e. The summed E-state index contributed by atoms with van der Waals surface area (Å²) >= 11 is 0. The number of carboxylic acids is 1. The molecule has 0 radical (unpaired) electrons. The molecule has 0 aliphatic heterocycles. The smallest absolute Gasteiger partial charge is 0.337 e. The number of rotatable bonds is 5. The summed E-state index contributed by atoms with van der Waals surface area (Å²) in [7, 11) is 0. The number of nitrogens with one attached hydrogen (secondary N) is 1. The molecular weight excluding hydrogens is 371 g/mol. The Hall–Kier alpha value is -3.93. The van der Waals surface area contributed by atoms with E-state index < -0.39 is 11.9 Å². The summed E-state index contributed by atoms with van der Waals surface area (Å²) in [4.78, 5) is 24.3. The van der Waals surface area contributed by atoms with Gasteiger partial charge in [-0.1, -0.05) is 48.5 Å². The lowest BCUT2D eigenvalue weighted by molar-refractivity contribution is 0.0698. The molecule has 0 aliphatic rings. The first-order valence-electron chi connectivity index (χ1n) is 8.99. The van der Waals surface area contributed by atoms with Gasteiger partial charge in [0.1, 0.15) is 5.82 Å². The van der Waals surface area contributed by atoms with Gasteiger partial charge in [0.25, 0.3) is 5.91 Å². The number of nitrogens with zero attached hydrogens (tertiary/aromatic N) is 1. The predicted octanol–water partition coefficient (Wildman–Crippen LogP) is 4.78. The molecule has 1 amide bonds. The largest absolute Gasteiger partial charge is 0.478 e. The van der Waals surface area contributed by atoms with E-state index in [4.69, 9.17) is 0 Å². The number of halogens is 1. The molecule has 144 valence electrons. The molecule has 0 bridgehead atoms. The molecule has 4 rings (SSSR count). The van der Waals surface area contributed by atoms with Crippen molar-refractivity contribution in [2.75, 3.05) is 5.32 Å². The van der Waals surface area contributed by atoms with E-state index in [-0.39, 0.29) is 23.6 Å². The van der Waals surface area contributed by atoms with Gasteiger partial charge < -0.3 is 15.0 Å². The van der Waals surface area contributed by atoms with Crippen LogP contribution < -0.4 is 5.32 Å². The minimum atomic E-state index is -1.12. The van der Waals surface area contributed by atoms with Gasteiger partial charge in [-0.2, -0.15) is 0 Å². The molecule has 0 fully saturated rings. The second kappa shape index (κ2) is 7.59.